The van der Waals surface area contributed by atoms with Crippen LogP contribution in [0.2, 0.25) is 0 Å². The third kappa shape index (κ3) is 3.79. The van der Waals surface area contributed by atoms with Crippen LogP contribution in [0, 0.1) is 17.2 Å². The summed E-state index contributed by atoms with van der Waals surface area (Å²) in [6.07, 6.45) is 19.7. The van der Waals surface area contributed by atoms with E-state index in [9.17, 15) is 5.26 Å². The maximum absolute atomic E-state index is 9.59. The largest absolute Gasteiger partial charge is 0.310 e. The minimum absolute atomic E-state index is 0.301. The molecule has 0 amide bonds. The van der Waals surface area contributed by atoms with Gasteiger partial charge in [0.2, 0.25) is 0 Å². The monoisotopic (exact) mass is 635 g/mol. The van der Waals surface area contributed by atoms with Crippen molar-refractivity contribution in [1.82, 2.24) is 4.57 Å². The van der Waals surface area contributed by atoms with Gasteiger partial charge in [-0.1, -0.05) is 91.1 Å². The number of nitrogens with zero attached hydrogens (tertiary/aromatic N) is 3. The Morgan fingerprint density at radius 3 is 2.38 bits per heavy atom. The molecule has 0 saturated carbocycles. The Morgan fingerprint density at radius 2 is 1.48 bits per heavy atom. The van der Waals surface area contributed by atoms with Gasteiger partial charge in [-0.25, -0.2) is 0 Å². The summed E-state index contributed by atoms with van der Waals surface area (Å²) >= 11 is 0. The molecule has 6 aromatic carbocycles. The van der Waals surface area contributed by atoms with Crippen LogP contribution < -0.4 is 4.90 Å². The van der Waals surface area contributed by atoms with E-state index in [4.69, 9.17) is 0 Å². The molecule has 1 heterocycles. The van der Waals surface area contributed by atoms with Crippen LogP contribution in [-0.4, -0.2) is 4.57 Å². The van der Waals surface area contributed by atoms with Gasteiger partial charge in [0.1, 0.15) is 0 Å². The molecule has 0 N–H and O–H groups in total. The maximum Gasteiger partial charge on any atom is 0.0991 e. The molecule has 4 aliphatic carbocycles. The number of hydrogen-bond acceptors (Lipinski definition) is 2. The first-order chi connectivity index (χ1) is 24.7. The van der Waals surface area contributed by atoms with E-state index in [1.165, 1.54) is 76.9 Å². The minimum Gasteiger partial charge on any atom is -0.310 e. The van der Waals surface area contributed by atoms with Gasteiger partial charge < -0.3 is 9.47 Å². The maximum atomic E-state index is 9.59. The molecule has 0 bridgehead atoms. The standard InChI is InChI=1S/C47H29N3/c48-28-29-11-19-37(20-12-29)49(38-21-17-30-5-1-2-6-34(30)25-38)41-23-24-43-47-40(41)22-18-33-9-4-10-42(46(33)47)50(43)39-26-35-15-13-31-7-3-8-32-14-16-36(27-39)45(35)44(31)32/h1-7,9-27,45H,8H2. The van der Waals surface area contributed by atoms with Crippen molar-refractivity contribution in [3.05, 3.63) is 191 Å². The number of anilines is 3. The second-order valence-corrected chi connectivity index (χ2v) is 13.6. The second kappa shape index (κ2) is 10.2. The lowest BCUT2D eigenvalue weighted by Crippen LogP contribution is -2.22. The van der Waals surface area contributed by atoms with Crippen molar-refractivity contribution in [2.45, 2.75) is 6.42 Å². The Morgan fingerprint density at radius 1 is 0.660 bits per heavy atom. The highest BCUT2D eigenvalue weighted by molar-refractivity contribution is 6.27. The molecule has 7 aromatic rings. The molecule has 232 valence electrons. The highest BCUT2D eigenvalue weighted by Crippen LogP contribution is 2.50. The lowest BCUT2D eigenvalue weighted by Gasteiger charge is -2.36. The van der Waals surface area contributed by atoms with Gasteiger partial charge in [-0.05, 0) is 117 Å². The summed E-state index contributed by atoms with van der Waals surface area (Å²) < 4.78 is 2.47. The quantitative estimate of drug-likeness (QED) is 0.180. The summed E-state index contributed by atoms with van der Waals surface area (Å²) in [4.78, 5) is 2.34. The van der Waals surface area contributed by atoms with Gasteiger partial charge >= 0.3 is 0 Å². The predicted octanol–water partition coefficient (Wildman–Crippen LogP) is 12.0. The number of aromatic nitrogens is 1. The Balaban J connectivity index is 1.15. The van der Waals surface area contributed by atoms with Crippen LogP contribution in [0.5, 0.6) is 0 Å². The van der Waals surface area contributed by atoms with Crippen molar-refractivity contribution in [2.75, 3.05) is 4.90 Å². The summed E-state index contributed by atoms with van der Waals surface area (Å²) in [5.74, 6) is 0.301. The average molecular weight is 636 g/mol. The Hall–Kier alpha value is -6.63. The van der Waals surface area contributed by atoms with Gasteiger partial charge in [-0.15, -0.1) is 0 Å². The molecule has 1 unspecified atom stereocenters. The molecule has 0 aliphatic heterocycles. The molecule has 50 heavy (non-hydrogen) atoms. The lowest BCUT2D eigenvalue weighted by atomic mass is 9.69. The molecular formula is C47H29N3. The first kappa shape index (κ1) is 27.3. The first-order valence-electron chi connectivity index (χ1n) is 17.2. The van der Waals surface area contributed by atoms with Crippen molar-refractivity contribution in [2.24, 2.45) is 5.92 Å². The fraction of sp³-hybridized carbons (Fsp3) is 0.0426. The van der Waals surface area contributed by atoms with Crippen molar-refractivity contribution < 1.29 is 0 Å². The van der Waals surface area contributed by atoms with Crippen LogP contribution in [0.25, 0.3) is 49.0 Å². The molecule has 11 rings (SSSR count). The SMILES string of the molecule is N#Cc1ccc(N(c2ccc3ccccc3c2)c2ccc3c4c2ccc2cccc(c24)n3C2=CC3=CC=C4CC=CC5=C4C3C(=C2)C=C5)cc1. The van der Waals surface area contributed by atoms with E-state index < -0.39 is 0 Å². The fourth-order valence-electron chi connectivity index (χ4n) is 8.80. The third-order valence-electron chi connectivity index (χ3n) is 11.0. The first-order valence-corrected chi connectivity index (χ1v) is 17.2. The summed E-state index contributed by atoms with van der Waals surface area (Å²) in [6, 6.07) is 41.2. The summed E-state index contributed by atoms with van der Waals surface area (Å²) in [6.45, 7) is 0. The molecule has 0 spiro atoms. The van der Waals surface area contributed by atoms with Crippen LogP contribution in [0.3, 0.4) is 0 Å². The molecule has 4 aliphatic rings. The molecule has 3 heteroatoms. The Kier molecular flexibility index (Phi) is 5.57. The molecule has 1 aromatic heterocycles. The fourth-order valence-corrected chi connectivity index (χ4v) is 8.80. The van der Waals surface area contributed by atoms with Crippen molar-refractivity contribution in [3.8, 4) is 6.07 Å². The van der Waals surface area contributed by atoms with Crippen LogP contribution >= 0.6 is 0 Å². The zero-order chi connectivity index (χ0) is 32.9. The van der Waals surface area contributed by atoms with Crippen LogP contribution in [0.15, 0.2) is 186 Å². The number of rotatable bonds is 4. The third-order valence-corrected chi connectivity index (χ3v) is 11.0. The van der Waals surface area contributed by atoms with E-state index in [0.717, 1.165) is 23.5 Å². The zero-order valence-electron chi connectivity index (χ0n) is 27.1. The van der Waals surface area contributed by atoms with E-state index in [1.54, 1.807) is 0 Å². The topological polar surface area (TPSA) is 32.0 Å². The number of benzene rings is 6. The van der Waals surface area contributed by atoms with E-state index >= 15 is 0 Å². The highest BCUT2D eigenvalue weighted by Gasteiger charge is 2.34. The minimum atomic E-state index is 0.301. The lowest BCUT2D eigenvalue weighted by molar-refractivity contribution is 0.830. The van der Waals surface area contributed by atoms with E-state index in [1.807, 2.05) is 12.1 Å². The van der Waals surface area contributed by atoms with Gasteiger partial charge in [-0.3, -0.25) is 0 Å². The average Bonchev–Trinajstić information content (AvgIpc) is 3.52. The molecule has 0 fully saturated rings. The van der Waals surface area contributed by atoms with Gasteiger partial charge in [0.25, 0.3) is 0 Å². The molecular weight excluding hydrogens is 607 g/mol. The van der Waals surface area contributed by atoms with Crippen LogP contribution in [0.4, 0.5) is 17.1 Å². The van der Waals surface area contributed by atoms with Crippen molar-refractivity contribution in [1.29, 1.82) is 5.26 Å². The van der Waals surface area contributed by atoms with Crippen LogP contribution in [-0.2, 0) is 0 Å². The smallest absolute Gasteiger partial charge is 0.0991 e. The molecule has 0 saturated heterocycles. The Labute approximate surface area is 289 Å². The summed E-state index contributed by atoms with van der Waals surface area (Å²) in [5, 5.41) is 16.9. The number of fused-ring (bicyclic) bond motifs is 1. The van der Waals surface area contributed by atoms with E-state index in [2.05, 4.69) is 161 Å². The van der Waals surface area contributed by atoms with Gasteiger partial charge in [0, 0.05) is 39.1 Å². The van der Waals surface area contributed by atoms with Gasteiger partial charge in [0.15, 0.2) is 0 Å². The van der Waals surface area contributed by atoms with E-state index in [-0.39, 0.29) is 0 Å². The second-order valence-electron chi connectivity index (χ2n) is 13.6. The van der Waals surface area contributed by atoms with Crippen LogP contribution in [0.1, 0.15) is 12.0 Å². The Bertz CT molecular complexity index is 2890. The number of allylic oxidation sites excluding steroid dienone is 14. The number of hydrogen-bond donors (Lipinski definition) is 0. The van der Waals surface area contributed by atoms with E-state index in [0.29, 0.717) is 11.5 Å². The predicted molar refractivity (Wildman–Crippen MR) is 207 cm³/mol. The molecule has 1 atom stereocenters. The highest BCUT2D eigenvalue weighted by atomic mass is 15.1. The normalized spacial score (nSPS) is 17.5. The van der Waals surface area contributed by atoms with Gasteiger partial charge in [0.05, 0.1) is 28.4 Å². The van der Waals surface area contributed by atoms with Crippen molar-refractivity contribution >= 4 is 66.1 Å². The van der Waals surface area contributed by atoms with Crippen molar-refractivity contribution in [3.63, 3.8) is 0 Å². The molecule has 0 radical (unpaired) electrons. The van der Waals surface area contributed by atoms with Gasteiger partial charge in [-0.2, -0.15) is 5.26 Å². The summed E-state index contributed by atoms with van der Waals surface area (Å²) in [7, 11) is 0. The number of nitriles is 1. The summed E-state index contributed by atoms with van der Waals surface area (Å²) in [5.41, 5.74) is 14.4. The zero-order valence-corrected chi connectivity index (χ0v) is 27.1. The molecule has 3 nitrogen and oxygen atoms in total.